The fraction of sp³-hybridized carbons (Fsp3) is 0. The first-order valence-corrected chi connectivity index (χ1v) is 8.66. The molecule has 6 heteroatoms. The van der Waals surface area contributed by atoms with Crippen molar-refractivity contribution in [3.05, 3.63) is 90.5 Å². The number of anilines is 1. The van der Waals surface area contributed by atoms with Crippen LogP contribution in [0, 0.1) is 5.82 Å². The molecule has 1 aliphatic heterocycles. The van der Waals surface area contributed by atoms with Crippen molar-refractivity contribution in [3.8, 4) is 0 Å². The fourth-order valence-electron chi connectivity index (χ4n) is 2.38. The molecule has 0 saturated heterocycles. The summed E-state index contributed by atoms with van der Waals surface area (Å²) in [6, 6.07) is 12.4. The number of allylic oxidation sites excluding steroid dienone is 3. The van der Waals surface area contributed by atoms with E-state index in [4.69, 9.17) is 5.14 Å². The van der Waals surface area contributed by atoms with Gasteiger partial charge in [0.15, 0.2) is 0 Å². The maximum Gasteiger partial charge on any atom is 0.238 e. The maximum atomic E-state index is 13.1. The largest absolute Gasteiger partial charge is 0.317 e. The number of nitrogens with zero attached hydrogens (tertiary/aromatic N) is 1. The van der Waals surface area contributed by atoms with E-state index in [1.807, 2.05) is 23.3 Å². The average molecular weight is 342 g/mol. The number of hydrogen-bond donors (Lipinski definition) is 1. The van der Waals surface area contributed by atoms with Gasteiger partial charge >= 0.3 is 0 Å². The van der Waals surface area contributed by atoms with E-state index in [2.05, 4.69) is 6.58 Å². The zero-order valence-corrected chi connectivity index (χ0v) is 13.5. The second-order valence-corrected chi connectivity index (χ2v) is 6.89. The van der Waals surface area contributed by atoms with Gasteiger partial charge in [0.25, 0.3) is 0 Å². The van der Waals surface area contributed by atoms with Crippen LogP contribution in [0.1, 0.15) is 5.56 Å². The van der Waals surface area contributed by atoms with Gasteiger partial charge in [-0.1, -0.05) is 24.8 Å². The summed E-state index contributed by atoms with van der Waals surface area (Å²) in [7, 11) is -3.73. The molecule has 0 unspecified atom stereocenters. The maximum absolute atomic E-state index is 13.1. The van der Waals surface area contributed by atoms with Gasteiger partial charge in [0, 0.05) is 17.6 Å². The Morgan fingerprint density at radius 3 is 2.17 bits per heavy atom. The van der Waals surface area contributed by atoms with Crippen molar-refractivity contribution in [1.29, 1.82) is 0 Å². The topological polar surface area (TPSA) is 63.4 Å². The highest BCUT2D eigenvalue weighted by molar-refractivity contribution is 7.89. The molecule has 0 bridgehead atoms. The van der Waals surface area contributed by atoms with E-state index >= 15 is 0 Å². The van der Waals surface area contributed by atoms with Gasteiger partial charge in [-0.25, -0.2) is 17.9 Å². The zero-order valence-electron chi connectivity index (χ0n) is 12.7. The van der Waals surface area contributed by atoms with E-state index in [9.17, 15) is 12.8 Å². The average Bonchev–Trinajstić information content (AvgIpc) is 2.55. The summed E-state index contributed by atoms with van der Waals surface area (Å²) in [5.41, 5.74) is 3.23. The monoisotopic (exact) mass is 342 g/mol. The molecule has 0 aliphatic carbocycles. The summed E-state index contributed by atoms with van der Waals surface area (Å²) in [4.78, 5) is 1.87. The third kappa shape index (κ3) is 3.29. The van der Waals surface area contributed by atoms with Gasteiger partial charge in [-0.05, 0) is 53.6 Å². The Hall–Kier alpha value is -2.70. The standard InChI is InChI=1S/C18H15FN2O2S/c1-13-2-3-15(14-4-6-16(19)7-5-14)12-21(13)17-8-10-18(11-9-17)24(20,22)23/h2-12H,1H2,(H2,20,22,23). The number of rotatable bonds is 3. The summed E-state index contributed by atoms with van der Waals surface area (Å²) in [5.74, 6) is -0.293. The quantitative estimate of drug-likeness (QED) is 0.930. The molecule has 24 heavy (non-hydrogen) atoms. The van der Waals surface area contributed by atoms with Crippen molar-refractivity contribution in [1.82, 2.24) is 0 Å². The van der Waals surface area contributed by atoms with E-state index in [0.717, 1.165) is 22.5 Å². The molecule has 0 spiro atoms. The first kappa shape index (κ1) is 16.2. The summed E-state index contributed by atoms with van der Waals surface area (Å²) < 4.78 is 35.8. The number of sulfonamides is 1. The number of nitrogens with two attached hydrogens (primary N) is 1. The van der Waals surface area contributed by atoms with Crippen molar-refractivity contribution in [3.63, 3.8) is 0 Å². The van der Waals surface area contributed by atoms with E-state index in [-0.39, 0.29) is 10.7 Å². The minimum atomic E-state index is -3.73. The van der Waals surface area contributed by atoms with E-state index < -0.39 is 10.0 Å². The van der Waals surface area contributed by atoms with E-state index in [0.29, 0.717) is 0 Å². The van der Waals surface area contributed by atoms with E-state index in [1.165, 1.54) is 24.3 Å². The normalized spacial score (nSPS) is 14.7. The van der Waals surface area contributed by atoms with Crippen LogP contribution < -0.4 is 10.0 Å². The number of primary sulfonamides is 1. The third-order valence-corrected chi connectivity index (χ3v) is 4.58. The summed E-state index contributed by atoms with van der Waals surface area (Å²) in [5, 5.41) is 5.11. The second-order valence-electron chi connectivity index (χ2n) is 5.32. The molecule has 1 aliphatic rings. The van der Waals surface area contributed by atoms with Crippen LogP contribution >= 0.6 is 0 Å². The molecule has 2 aromatic carbocycles. The highest BCUT2D eigenvalue weighted by Gasteiger charge is 2.14. The Bertz CT molecular complexity index is 944. The van der Waals surface area contributed by atoms with Crippen LogP contribution in [0.2, 0.25) is 0 Å². The molecule has 2 aromatic rings. The van der Waals surface area contributed by atoms with Gasteiger partial charge < -0.3 is 4.90 Å². The van der Waals surface area contributed by atoms with Gasteiger partial charge in [0.1, 0.15) is 5.82 Å². The molecule has 0 atom stereocenters. The minimum absolute atomic E-state index is 0.0483. The molecule has 0 aromatic heterocycles. The van der Waals surface area contributed by atoms with Crippen molar-refractivity contribution in [2.45, 2.75) is 4.90 Å². The van der Waals surface area contributed by atoms with Crippen molar-refractivity contribution < 1.29 is 12.8 Å². The van der Waals surface area contributed by atoms with Crippen LogP contribution in [0.25, 0.3) is 5.57 Å². The lowest BCUT2D eigenvalue weighted by molar-refractivity contribution is 0.598. The molecule has 0 saturated carbocycles. The Kier molecular flexibility index (Phi) is 4.09. The van der Waals surface area contributed by atoms with Gasteiger partial charge in [-0.15, -0.1) is 0 Å². The van der Waals surface area contributed by atoms with Crippen LogP contribution in [0.4, 0.5) is 10.1 Å². The number of hydrogen-bond acceptors (Lipinski definition) is 3. The molecule has 0 radical (unpaired) electrons. The predicted molar refractivity (Wildman–Crippen MR) is 93.0 cm³/mol. The van der Waals surface area contributed by atoms with Crippen molar-refractivity contribution >= 4 is 21.3 Å². The molecule has 1 heterocycles. The molecular weight excluding hydrogens is 327 g/mol. The van der Waals surface area contributed by atoms with Crippen molar-refractivity contribution in [2.24, 2.45) is 5.14 Å². The molecule has 0 amide bonds. The van der Waals surface area contributed by atoms with E-state index in [1.54, 1.807) is 24.3 Å². The van der Waals surface area contributed by atoms with Gasteiger partial charge in [0.05, 0.1) is 4.90 Å². The van der Waals surface area contributed by atoms with Crippen LogP contribution in [0.15, 0.2) is 84.1 Å². The summed E-state index contributed by atoms with van der Waals surface area (Å²) in [6.07, 6.45) is 5.60. The summed E-state index contributed by atoms with van der Waals surface area (Å²) >= 11 is 0. The smallest absolute Gasteiger partial charge is 0.238 e. The first-order chi connectivity index (χ1) is 11.3. The first-order valence-electron chi connectivity index (χ1n) is 7.11. The third-order valence-electron chi connectivity index (χ3n) is 3.65. The van der Waals surface area contributed by atoms with Gasteiger partial charge in [-0.2, -0.15) is 0 Å². The Morgan fingerprint density at radius 2 is 1.58 bits per heavy atom. The second kappa shape index (κ2) is 6.07. The van der Waals surface area contributed by atoms with Crippen LogP contribution in [0.5, 0.6) is 0 Å². The zero-order chi connectivity index (χ0) is 17.3. The number of benzene rings is 2. The number of halogens is 1. The highest BCUT2D eigenvalue weighted by Crippen LogP contribution is 2.29. The fourth-order valence-corrected chi connectivity index (χ4v) is 2.90. The Morgan fingerprint density at radius 1 is 0.958 bits per heavy atom. The predicted octanol–water partition coefficient (Wildman–Crippen LogP) is 3.40. The van der Waals surface area contributed by atoms with Crippen LogP contribution in [-0.4, -0.2) is 8.42 Å². The molecule has 0 fully saturated rings. The highest BCUT2D eigenvalue weighted by atomic mass is 32.2. The lowest BCUT2D eigenvalue weighted by atomic mass is 10.0. The molecule has 3 rings (SSSR count). The molecule has 4 nitrogen and oxygen atoms in total. The van der Waals surface area contributed by atoms with Crippen LogP contribution in [0.3, 0.4) is 0 Å². The van der Waals surface area contributed by atoms with Crippen molar-refractivity contribution in [2.75, 3.05) is 4.90 Å². The van der Waals surface area contributed by atoms with Crippen LogP contribution in [-0.2, 0) is 10.0 Å². The molecule has 122 valence electrons. The SMILES string of the molecule is C=C1C=CC(c2ccc(F)cc2)=CN1c1ccc(S(N)(=O)=O)cc1. The summed E-state index contributed by atoms with van der Waals surface area (Å²) in [6.45, 7) is 3.98. The lowest BCUT2D eigenvalue weighted by Crippen LogP contribution is -2.17. The molecule has 2 N–H and O–H groups in total. The molecular formula is C18H15FN2O2S. The minimum Gasteiger partial charge on any atom is -0.317 e. The lowest BCUT2D eigenvalue weighted by Gasteiger charge is -2.25. The van der Waals surface area contributed by atoms with Gasteiger partial charge in [-0.3, -0.25) is 0 Å². The van der Waals surface area contributed by atoms with Gasteiger partial charge in [0.2, 0.25) is 10.0 Å². The Balaban J connectivity index is 1.96. The Labute approximate surface area is 140 Å².